The van der Waals surface area contributed by atoms with Gasteiger partial charge in [-0.15, -0.1) is 0 Å². The Balaban J connectivity index is 1.66. The fraction of sp³-hybridized carbons (Fsp3) is 0.500. The minimum atomic E-state index is -1.83. The highest BCUT2D eigenvalue weighted by atomic mass is 32.1. The molecule has 2 heterocycles. The number of nitrogens with two attached hydrogens (primary N) is 6. The largest absolute Gasteiger partial charge is 0.508 e. The van der Waals surface area contributed by atoms with Crippen molar-refractivity contribution < 1.29 is 68.1 Å². The number of aliphatic hydroxyl groups excluding tert-OH is 1. The van der Waals surface area contributed by atoms with Crippen molar-refractivity contribution in [3.63, 3.8) is 0 Å². The van der Waals surface area contributed by atoms with Crippen LogP contribution in [0, 0.1) is 11.8 Å². The maximum Gasteiger partial charge on any atom is 0.327 e. The quantitative estimate of drug-likeness (QED) is 0.00862. The van der Waals surface area contributed by atoms with Gasteiger partial charge in [0.1, 0.15) is 60.1 Å². The molecule has 0 radical (unpaired) electrons. The van der Waals surface area contributed by atoms with Gasteiger partial charge in [0.05, 0.1) is 18.5 Å². The van der Waals surface area contributed by atoms with Crippen molar-refractivity contribution in [2.24, 2.45) is 56.2 Å². The van der Waals surface area contributed by atoms with Crippen LogP contribution in [0.5, 0.6) is 5.75 Å². The number of nitrogens with zero attached hydrogens (tertiary/aromatic N) is 3. The minimum Gasteiger partial charge on any atom is -0.508 e. The molecule has 2 aromatic carbocycles. The summed E-state index contributed by atoms with van der Waals surface area (Å²) in [5, 5.41) is 54.7. The summed E-state index contributed by atoms with van der Waals surface area (Å²) in [7, 11) is 0. The van der Waals surface area contributed by atoms with Crippen LogP contribution in [0.25, 0.3) is 10.9 Å². The van der Waals surface area contributed by atoms with Crippen molar-refractivity contribution in [1.29, 1.82) is 0 Å². The van der Waals surface area contributed by atoms with Crippen LogP contribution < -0.4 is 82.3 Å². The molecule has 10 amide bonds. The van der Waals surface area contributed by atoms with Gasteiger partial charge in [0.2, 0.25) is 59.1 Å². The lowest BCUT2D eigenvalue weighted by atomic mass is 9.98. The smallest absolute Gasteiger partial charge is 0.327 e. The van der Waals surface area contributed by atoms with Crippen molar-refractivity contribution >= 4 is 100 Å². The fourth-order valence-electron chi connectivity index (χ4n) is 9.66. The summed E-state index contributed by atoms with van der Waals surface area (Å²) in [6.07, 6.45) is 1.40. The molecule has 26 N–H and O–H groups in total. The van der Waals surface area contributed by atoms with E-state index in [0.29, 0.717) is 27.7 Å². The number of imidazole rings is 1. The number of rotatable bonds is 40. The van der Waals surface area contributed by atoms with Crippen LogP contribution in [-0.2, 0) is 72.0 Å². The highest BCUT2D eigenvalue weighted by Gasteiger charge is 2.38. The number of aliphatic carboxylic acids is 1. The molecule has 0 aliphatic rings. The third-order valence-corrected chi connectivity index (χ3v) is 15.3. The second-order valence-electron chi connectivity index (χ2n) is 23.3. The van der Waals surface area contributed by atoms with Gasteiger partial charge in [0.25, 0.3) is 0 Å². The average molecular weight is 1350 g/mol. The number of hydrogen-bond acceptors (Lipinski definition) is 18. The van der Waals surface area contributed by atoms with E-state index in [1.54, 1.807) is 58.2 Å². The molecule has 4 rings (SSSR count). The molecule has 0 aliphatic heterocycles. The van der Waals surface area contributed by atoms with E-state index in [1.165, 1.54) is 43.7 Å². The molecule has 4 aromatic rings. The van der Waals surface area contributed by atoms with E-state index in [4.69, 9.17) is 34.4 Å². The van der Waals surface area contributed by atoms with E-state index in [-0.39, 0.29) is 94.3 Å². The summed E-state index contributed by atoms with van der Waals surface area (Å²) >= 11 is 4.03. The molecule has 0 saturated carbocycles. The molecule has 35 heteroatoms. The molecule has 2 aromatic heterocycles. The molecule has 0 bridgehead atoms. The lowest BCUT2D eigenvalue weighted by molar-refractivity contribution is -0.141. The van der Waals surface area contributed by atoms with Gasteiger partial charge in [0, 0.05) is 73.5 Å². The molecule has 0 aliphatic carbocycles. The van der Waals surface area contributed by atoms with E-state index >= 15 is 4.79 Å². The molecule has 95 heavy (non-hydrogen) atoms. The molecule has 0 unspecified atom stereocenters. The SMILES string of the molecule is CC(C)[C@H](NC(=O)[C@H](CCC(N)=O)NC(=O)[C@@H](N)Cc1cnc[nH]1)C(=O)N[C@H](C(=O)N[C@H](C(=O)N[C@@H](CCCN=C(N)N)C(=O)N[C@@H](Cc1c[nH]c2ccccc12)C(=O)N[C@@H](Cc1ccc(O)cc1)C(=O)N[C@@H](CCCN=C(N)N)C(=O)N[C@@H](CS)C(=O)O)[C@@H](C)O)C(C)C. The van der Waals surface area contributed by atoms with Gasteiger partial charge >= 0.3 is 5.97 Å². The summed E-state index contributed by atoms with van der Waals surface area (Å²) in [5.41, 5.74) is 35.7. The zero-order valence-corrected chi connectivity index (χ0v) is 54.3. The van der Waals surface area contributed by atoms with Crippen molar-refractivity contribution in [1.82, 2.24) is 62.8 Å². The number of fused-ring (bicyclic) bond motifs is 1. The Bertz CT molecular complexity index is 3320. The lowest BCUT2D eigenvalue weighted by Crippen LogP contribution is -2.63. The summed E-state index contributed by atoms with van der Waals surface area (Å²) in [6, 6.07) is -2.21. The highest BCUT2D eigenvalue weighted by molar-refractivity contribution is 7.80. The van der Waals surface area contributed by atoms with Crippen molar-refractivity contribution in [3.05, 3.63) is 84.1 Å². The van der Waals surface area contributed by atoms with Gasteiger partial charge in [-0.1, -0.05) is 58.0 Å². The Kier molecular flexibility index (Phi) is 31.2. The molecule has 0 fully saturated rings. The van der Waals surface area contributed by atoms with E-state index in [2.05, 4.69) is 85.4 Å². The van der Waals surface area contributed by atoms with Gasteiger partial charge in [0.15, 0.2) is 11.9 Å². The maximum absolute atomic E-state index is 15.0. The number of phenolic OH excluding ortho intramolecular Hbond substituents is 1. The van der Waals surface area contributed by atoms with Gasteiger partial charge in [-0.3, -0.25) is 57.9 Å². The van der Waals surface area contributed by atoms with E-state index in [1.807, 2.05) is 0 Å². The number of thiol groups is 1. The predicted molar refractivity (Wildman–Crippen MR) is 353 cm³/mol. The van der Waals surface area contributed by atoms with Crippen molar-refractivity contribution in [2.45, 2.75) is 159 Å². The normalized spacial score (nSPS) is 14.7. The number of aliphatic imine (C=N–C) groups is 2. The number of benzene rings is 2. The van der Waals surface area contributed by atoms with Crippen LogP contribution in [0.15, 0.2) is 77.2 Å². The third-order valence-electron chi connectivity index (χ3n) is 14.9. The topological polar surface area (TPSA) is 582 Å². The summed E-state index contributed by atoms with van der Waals surface area (Å²) < 4.78 is 0. The van der Waals surface area contributed by atoms with Crippen LogP contribution in [0.3, 0.4) is 0 Å². The second kappa shape index (κ2) is 38.2. The Morgan fingerprint density at radius 2 is 1.00 bits per heavy atom. The second-order valence-corrected chi connectivity index (χ2v) is 23.7. The monoisotopic (exact) mass is 1350 g/mol. The van der Waals surface area contributed by atoms with Gasteiger partial charge < -0.3 is 108 Å². The van der Waals surface area contributed by atoms with Gasteiger partial charge in [-0.05, 0) is 80.2 Å². The first-order chi connectivity index (χ1) is 44.9. The summed E-state index contributed by atoms with van der Waals surface area (Å²) in [5.74, 6) is -13.0. The number of aromatic hydroxyl groups is 1. The van der Waals surface area contributed by atoms with E-state index in [9.17, 15) is 63.3 Å². The number of primary amides is 1. The molecular weight excluding hydrogens is 1260 g/mol. The number of carbonyl (C=O) groups is 11. The van der Waals surface area contributed by atoms with Crippen LogP contribution in [0.4, 0.5) is 0 Å². The number of hydrogen-bond donors (Lipinski definition) is 21. The average Bonchev–Trinajstić information content (AvgIpc) is 1.74. The van der Waals surface area contributed by atoms with Gasteiger partial charge in [-0.25, -0.2) is 9.78 Å². The Hall–Kier alpha value is -10.0. The Morgan fingerprint density at radius 3 is 1.49 bits per heavy atom. The number of aromatic amines is 2. The van der Waals surface area contributed by atoms with E-state index < -0.39 is 143 Å². The first-order valence-corrected chi connectivity index (χ1v) is 31.2. The number of para-hydroxylation sites is 1. The van der Waals surface area contributed by atoms with Gasteiger partial charge in [-0.2, -0.15) is 12.6 Å². The standard InChI is InChI=1S/C60H90N20O14S/c1-29(2)46(78-52(87)41(18-19-45(62)83)72-49(84)37(61)24-34-26-67-28-71-34)55(90)79-47(30(3)4)56(91)80-48(31(5)81)57(92)74-40(13-9-21-69-60(65)66)50(85)76-43(23-33-25-70-38-11-7-6-10-36(33)38)54(89)75-42(22-32-14-16-35(82)17-15-32)53(88)73-39(12-8-20-68-59(63)64)51(86)77-44(27-95)58(93)94/h6-7,10-11,14-17,25-26,28-31,37,39-44,46-48,70,81-82,95H,8-9,12-13,18-24,27,61H2,1-5H3,(H2,62,83)(H,67,71)(H,72,84)(H,73,88)(H,74,92)(H,75,89)(H,76,85)(H,77,86)(H,78,87)(H,79,90)(H,80,91)(H,93,94)(H4,63,64,68)(H4,65,66,69)/t31-,37+,39+,40+,41+,42+,43+,44+,46+,47+,48+/m1/s1. The molecule has 0 spiro atoms. The lowest BCUT2D eigenvalue weighted by Gasteiger charge is -2.30. The minimum absolute atomic E-state index is 0.00705. The number of amides is 10. The number of carboxylic acid groups (broad SMARTS) is 1. The van der Waals surface area contributed by atoms with Crippen LogP contribution in [-0.4, -0.2) is 193 Å². The fourth-order valence-corrected chi connectivity index (χ4v) is 9.91. The number of carboxylic acids is 1. The first-order valence-electron chi connectivity index (χ1n) is 30.6. The molecule has 520 valence electrons. The van der Waals surface area contributed by atoms with Crippen LogP contribution >= 0.6 is 12.6 Å². The zero-order valence-electron chi connectivity index (χ0n) is 53.4. The number of H-pyrrole nitrogens is 2. The summed E-state index contributed by atoms with van der Waals surface area (Å²) in [6.45, 7) is 7.41. The van der Waals surface area contributed by atoms with Crippen molar-refractivity contribution in [3.8, 4) is 5.75 Å². The maximum atomic E-state index is 15.0. The molecule has 34 nitrogen and oxygen atoms in total. The number of aromatic nitrogens is 3. The molecular formula is C60H90N20O14S. The number of carbonyl (C=O) groups excluding carboxylic acids is 10. The van der Waals surface area contributed by atoms with Crippen LogP contribution in [0.2, 0.25) is 0 Å². The first kappa shape index (κ1) is 77.4. The van der Waals surface area contributed by atoms with E-state index in [0.717, 1.165) is 0 Å². The Labute approximate surface area is 553 Å². The Morgan fingerprint density at radius 1 is 0.547 bits per heavy atom. The molecule has 0 saturated heterocycles. The van der Waals surface area contributed by atoms with Crippen LogP contribution in [0.1, 0.15) is 90.0 Å². The third kappa shape index (κ3) is 25.8. The number of nitrogens with one attached hydrogen (secondary N) is 11. The zero-order chi connectivity index (χ0) is 70.6. The number of phenols is 1. The molecule has 11 atom stereocenters. The van der Waals surface area contributed by atoms with Crippen molar-refractivity contribution in [2.75, 3.05) is 18.8 Å². The number of aliphatic hydroxyl groups is 1. The predicted octanol–water partition coefficient (Wildman–Crippen LogP) is -4.61. The highest BCUT2D eigenvalue weighted by Crippen LogP contribution is 2.21. The summed E-state index contributed by atoms with van der Waals surface area (Å²) in [4.78, 5) is 170. The number of guanidine groups is 2.